The van der Waals surface area contributed by atoms with E-state index in [1.807, 2.05) is 0 Å². The van der Waals surface area contributed by atoms with E-state index >= 15 is 0 Å². The summed E-state index contributed by atoms with van der Waals surface area (Å²) in [6.45, 7) is 5.87. The van der Waals surface area contributed by atoms with Crippen LogP contribution in [0, 0.1) is 22.9 Å². The molecule has 0 unspecified atom stereocenters. The van der Waals surface area contributed by atoms with Crippen molar-refractivity contribution in [2.45, 2.75) is 75.9 Å². The number of aromatic nitrogens is 7. The molecule has 72 heavy (non-hydrogen) atoms. The van der Waals surface area contributed by atoms with Crippen LogP contribution in [0.5, 0.6) is 5.75 Å². The van der Waals surface area contributed by atoms with E-state index in [-0.39, 0.29) is 56.3 Å². The molecule has 1 aromatic carbocycles. The Labute approximate surface area is 415 Å². The van der Waals surface area contributed by atoms with Gasteiger partial charge in [0.15, 0.2) is 23.5 Å². The van der Waals surface area contributed by atoms with Crippen LogP contribution in [0.2, 0.25) is 5.28 Å². The zero-order valence-corrected chi connectivity index (χ0v) is 40.8. The summed E-state index contributed by atoms with van der Waals surface area (Å²) >= 11 is 6.36. The smallest absolute Gasteiger partial charge is 0.350 e. The van der Waals surface area contributed by atoms with Gasteiger partial charge in [-0.3, -0.25) is 9.36 Å². The highest BCUT2D eigenvalue weighted by molar-refractivity contribution is 7.51. The minimum Gasteiger partial charge on any atom is -0.420 e. The summed E-state index contributed by atoms with van der Waals surface area (Å²) in [5.74, 6) is -5.04. The summed E-state index contributed by atoms with van der Waals surface area (Å²) in [4.78, 5) is 40.9. The molecule has 7 rings (SSSR count). The lowest BCUT2D eigenvalue weighted by Gasteiger charge is -2.54. The van der Waals surface area contributed by atoms with Gasteiger partial charge in [0, 0.05) is 30.6 Å². The van der Waals surface area contributed by atoms with Crippen molar-refractivity contribution >= 4 is 42.0 Å². The van der Waals surface area contributed by atoms with Gasteiger partial charge in [0.2, 0.25) is 11.0 Å². The van der Waals surface area contributed by atoms with E-state index in [0.29, 0.717) is 101 Å². The van der Waals surface area contributed by atoms with Crippen LogP contribution in [0.25, 0.3) is 11.0 Å². The van der Waals surface area contributed by atoms with Crippen LogP contribution in [0.3, 0.4) is 0 Å². The maximum atomic E-state index is 13.6. The molecule has 1 spiro atoms. The van der Waals surface area contributed by atoms with Crippen LogP contribution >= 0.6 is 19.2 Å². The first-order valence-electron chi connectivity index (χ1n) is 23.3. The molecule has 400 valence electrons. The lowest BCUT2D eigenvalue weighted by molar-refractivity contribution is -0.136. The number of hydrogen-bond acceptors (Lipinski definition) is 20. The first kappa shape index (κ1) is 55.7. The lowest BCUT2D eigenvalue weighted by atomic mass is 9.68. The van der Waals surface area contributed by atoms with Gasteiger partial charge < -0.3 is 72.3 Å². The summed E-state index contributed by atoms with van der Waals surface area (Å²) in [6.07, 6.45) is 1.09. The van der Waals surface area contributed by atoms with Gasteiger partial charge in [0.25, 0.3) is 0 Å². The van der Waals surface area contributed by atoms with Gasteiger partial charge >= 0.3 is 13.6 Å². The van der Waals surface area contributed by atoms with E-state index in [4.69, 9.17) is 64.0 Å². The fourth-order valence-corrected chi connectivity index (χ4v) is 8.82. The second-order valence-corrected chi connectivity index (χ2v) is 19.2. The molecule has 4 aromatic rings. The molecule has 2 saturated heterocycles. The molecule has 4 N–H and O–H groups in total. The number of aliphatic hydroxyl groups is 2. The van der Waals surface area contributed by atoms with Crippen LogP contribution in [0.1, 0.15) is 44.0 Å². The van der Waals surface area contributed by atoms with Gasteiger partial charge in [-0.05, 0) is 37.3 Å². The largest absolute Gasteiger partial charge is 0.420 e. The van der Waals surface area contributed by atoms with Gasteiger partial charge in [0.1, 0.15) is 42.0 Å². The van der Waals surface area contributed by atoms with Gasteiger partial charge in [-0.1, -0.05) is 5.21 Å². The Morgan fingerprint density at radius 3 is 2.12 bits per heavy atom. The Kier molecular flexibility index (Phi) is 20.9. The molecule has 1 saturated carbocycles. The minimum atomic E-state index is -4.43. The van der Waals surface area contributed by atoms with Crippen LogP contribution in [-0.2, 0) is 65.1 Å². The molecule has 5 heterocycles. The van der Waals surface area contributed by atoms with Crippen molar-refractivity contribution in [3.63, 3.8) is 0 Å². The molecule has 0 radical (unpaired) electrons. The van der Waals surface area contributed by atoms with E-state index in [1.54, 1.807) is 17.1 Å². The fourth-order valence-electron chi connectivity index (χ4n) is 8.32. The van der Waals surface area contributed by atoms with Crippen molar-refractivity contribution in [1.29, 1.82) is 0 Å². The number of carbonyl (C=O) groups excluding carboxylic acids is 1. The molecule has 3 aromatic heterocycles. The number of rotatable bonds is 31. The number of carbonyl (C=O) groups is 1. The van der Waals surface area contributed by atoms with E-state index < -0.39 is 67.7 Å². The topological polar surface area (TPSA) is 285 Å². The maximum Gasteiger partial charge on any atom is 0.350 e. The molecule has 3 aliphatic rings. The standard InChI is InChI=1S/C43H59ClF3N8O16P/c44-42-49-39(31-21-48-55(40(31)50-42)41-37(58)36(57)34(70-41)24-68-27-72(59,60)61)53-25-43(26-53)4-1-30(2-5-43)69-18-17-66-14-13-64-11-12-65-15-16-67-23-29-22-54(52-51-29)6-8-63-10-9-62-7-3-35(56)71-38-32(46)19-28(45)20-33(38)47/h19-22,30,34,36-37,41,57-58H,1-18,23-27H2,(H2,59,60,61)/t34-,36-,37-,41-/m1/s1. The number of halogens is 4. The Hall–Kier alpha value is -4.03. The summed E-state index contributed by atoms with van der Waals surface area (Å²) in [5.41, 5.74) is 1.06. The molecule has 3 fully saturated rings. The average Bonchev–Trinajstić information content (AvgIpc) is 4.04. The van der Waals surface area contributed by atoms with Crippen molar-refractivity contribution in [2.75, 3.05) is 110 Å². The van der Waals surface area contributed by atoms with E-state index in [0.717, 1.165) is 38.8 Å². The van der Waals surface area contributed by atoms with Gasteiger partial charge in [0.05, 0.1) is 129 Å². The number of esters is 1. The molecule has 24 nitrogen and oxygen atoms in total. The second-order valence-electron chi connectivity index (χ2n) is 17.3. The molecular formula is C43H59ClF3N8O16P. The summed E-state index contributed by atoms with van der Waals surface area (Å²) in [5, 5.41) is 34.4. The predicted octanol–water partition coefficient (Wildman–Crippen LogP) is 2.32. The first-order chi connectivity index (χ1) is 34.7. The van der Waals surface area contributed by atoms with E-state index in [9.17, 15) is 32.7 Å². The normalized spacial score (nSPS) is 20.2. The molecular weight excluding hydrogens is 1010 g/mol. The van der Waals surface area contributed by atoms with Crippen LogP contribution in [0.15, 0.2) is 24.5 Å². The van der Waals surface area contributed by atoms with Crippen molar-refractivity contribution < 1.29 is 89.9 Å². The van der Waals surface area contributed by atoms with E-state index in [2.05, 4.69) is 35.0 Å². The molecule has 4 atom stereocenters. The number of ether oxygens (including phenoxy) is 10. The molecule has 29 heteroatoms. The summed E-state index contributed by atoms with van der Waals surface area (Å²) in [6, 6.07) is 0.836. The highest BCUT2D eigenvalue weighted by atomic mass is 35.5. The maximum absolute atomic E-state index is 13.6. The third-order valence-corrected chi connectivity index (χ3v) is 12.6. The predicted molar refractivity (Wildman–Crippen MR) is 242 cm³/mol. The summed E-state index contributed by atoms with van der Waals surface area (Å²) in [7, 11) is -4.43. The van der Waals surface area contributed by atoms with Crippen LogP contribution in [-0.4, -0.2) is 190 Å². The zero-order valence-electron chi connectivity index (χ0n) is 39.2. The molecule has 0 bridgehead atoms. The number of anilines is 1. The van der Waals surface area contributed by atoms with Gasteiger partial charge in [-0.2, -0.15) is 15.1 Å². The second kappa shape index (κ2) is 27.0. The average molecular weight is 1070 g/mol. The third-order valence-electron chi connectivity index (χ3n) is 11.9. The molecule has 2 aliphatic heterocycles. The van der Waals surface area contributed by atoms with Crippen molar-refractivity contribution in [2.24, 2.45) is 5.41 Å². The van der Waals surface area contributed by atoms with Gasteiger partial charge in [-0.15, -0.1) is 5.10 Å². The number of benzene rings is 1. The highest BCUT2D eigenvalue weighted by Gasteiger charge is 2.48. The quantitative estimate of drug-likeness (QED) is 0.0185. The Bertz CT molecular complexity index is 2370. The third kappa shape index (κ3) is 16.2. The zero-order chi connectivity index (χ0) is 51.1. The molecule has 1 aliphatic carbocycles. The number of hydrogen-bond donors (Lipinski definition) is 4. The fraction of sp³-hybridized carbons (Fsp3) is 0.674. The van der Waals surface area contributed by atoms with Crippen molar-refractivity contribution in [3.05, 3.63) is 53.0 Å². The number of aliphatic hydroxyl groups excluding tert-OH is 2. The van der Waals surface area contributed by atoms with Crippen molar-refractivity contribution in [1.82, 2.24) is 34.7 Å². The Morgan fingerprint density at radius 1 is 0.833 bits per heavy atom. The number of fused-ring (bicyclic) bond motifs is 1. The molecule has 0 amide bonds. The Balaban J connectivity index is 0.649. The monoisotopic (exact) mass is 1070 g/mol. The van der Waals surface area contributed by atoms with E-state index in [1.165, 1.54) is 4.68 Å². The lowest BCUT2D eigenvalue weighted by Crippen LogP contribution is -2.58. The van der Waals surface area contributed by atoms with Crippen LogP contribution < -0.4 is 9.64 Å². The minimum absolute atomic E-state index is 0.0227. The van der Waals surface area contributed by atoms with Gasteiger partial charge in [-0.25, -0.2) is 22.5 Å². The van der Waals surface area contributed by atoms with Crippen LogP contribution in [0.4, 0.5) is 19.0 Å². The van der Waals surface area contributed by atoms with Crippen molar-refractivity contribution in [3.8, 4) is 5.75 Å². The first-order valence-corrected chi connectivity index (χ1v) is 25.5. The number of nitrogens with zero attached hydrogens (tertiary/aromatic N) is 8. The SMILES string of the molecule is O=C(CCOCCOCCn1cc(COCCOCCOCCOCCOC2CCC3(CC2)CN(c2nc(Cl)nc4c2cnn4[C@@H]2O[C@H](COCP(=O)(O)O)[C@@H](O)[C@H]2O)C3)nn1)Oc1c(F)cc(F)cc1F. The summed E-state index contributed by atoms with van der Waals surface area (Å²) < 4.78 is 109. The highest BCUT2D eigenvalue weighted by Crippen LogP contribution is 2.47. The Morgan fingerprint density at radius 2 is 1.46 bits per heavy atom.